The average molecular weight is 384 g/mol. The predicted molar refractivity (Wildman–Crippen MR) is 111 cm³/mol. The number of rotatable bonds is 5. The van der Waals surface area contributed by atoms with Crippen LogP contribution in [-0.2, 0) is 6.42 Å². The molecule has 0 aliphatic carbocycles. The molecule has 2 aliphatic rings. The van der Waals surface area contributed by atoms with Crippen molar-refractivity contribution >= 4 is 23.2 Å². The van der Waals surface area contributed by atoms with E-state index >= 15 is 0 Å². The van der Waals surface area contributed by atoms with Gasteiger partial charge >= 0.3 is 0 Å². The lowest BCUT2D eigenvalue weighted by molar-refractivity contribution is 0.0938. The van der Waals surface area contributed by atoms with Crippen molar-refractivity contribution in [3.8, 4) is 0 Å². The van der Waals surface area contributed by atoms with Crippen LogP contribution in [0.3, 0.4) is 0 Å². The molecule has 1 N–H and O–H groups in total. The summed E-state index contributed by atoms with van der Waals surface area (Å²) in [5, 5.41) is 3.71. The Bertz CT molecular complexity index is 832. The zero-order valence-corrected chi connectivity index (χ0v) is 16.5. The van der Waals surface area contributed by atoms with Crippen LogP contribution in [0.4, 0.5) is 5.69 Å². The van der Waals surface area contributed by atoms with E-state index in [2.05, 4.69) is 40.4 Å². The van der Waals surface area contributed by atoms with Crippen molar-refractivity contribution in [2.45, 2.75) is 25.3 Å². The molecule has 4 nitrogen and oxygen atoms in total. The second-order valence-corrected chi connectivity index (χ2v) is 7.98. The van der Waals surface area contributed by atoms with Gasteiger partial charge < -0.3 is 10.2 Å². The van der Waals surface area contributed by atoms with Crippen molar-refractivity contribution in [2.75, 3.05) is 38.1 Å². The van der Waals surface area contributed by atoms with E-state index in [1.165, 1.54) is 29.7 Å². The Balaban J connectivity index is 1.52. The highest BCUT2D eigenvalue weighted by atomic mass is 35.5. The van der Waals surface area contributed by atoms with Gasteiger partial charge in [0.05, 0.1) is 6.04 Å². The minimum Gasteiger partial charge on any atom is -0.374 e. The summed E-state index contributed by atoms with van der Waals surface area (Å²) in [5.41, 5.74) is 4.66. The van der Waals surface area contributed by atoms with Crippen LogP contribution in [0, 0.1) is 0 Å². The average Bonchev–Trinajstić information content (AvgIpc) is 3.32. The van der Waals surface area contributed by atoms with Crippen molar-refractivity contribution in [3.05, 3.63) is 64.2 Å². The Morgan fingerprint density at radius 3 is 2.74 bits per heavy atom. The third kappa shape index (κ3) is 3.97. The summed E-state index contributed by atoms with van der Waals surface area (Å²) in [6.07, 6.45) is 3.56. The maximum Gasteiger partial charge on any atom is 0.251 e. The second kappa shape index (κ2) is 7.91. The molecular weight excluding hydrogens is 358 g/mol. The molecule has 0 bridgehead atoms. The largest absolute Gasteiger partial charge is 0.374 e. The Kier molecular flexibility index (Phi) is 5.37. The van der Waals surface area contributed by atoms with Gasteiger partial charge in [0.2, 0.25) is 0 Å². The van der Waals surface area contributed by atoms with Crippen molar-refractivity contribution in [1.82, 2.24) is 10.2 Å². The highest BCUT2D eigenvalue weighted by Gasteiger charge is 2.26. The van der Waals surface area contributed by atoms with Crippen LogP contribution in [-0.4, -0.2) is 44.0 Å². The number of carbonyl (C=O) groups excluding carboxylic acids is 1. The molecule has 27 heavy (non-hydrogen) atoms. The standard InChI is InChI=1S/C22H26ClN3O/c1-25-12-9-17-13-16(7-8-20(17)25)21(26-10-2-3-11-26)15-24-22(27)18-5-4-6-19(23)14-18/h4-8,13-14,21H,2-3,9-12,15H2,1H3,(H,24,27). The van der Waals surface area contributed by atoms with Gasteiger partial charge in [-0.1, -0.05) is 29.8 Å². The molecule has 1 atom stereocenters. The molecule has 0 saturated carbocycles. The highest BCUT2D eigenvalue weighted by Crippen LogP contribution is 2.32. The topological polar surface area (TPSA) is 35.6 Å². The Hall–Kier alpha value is -2.04. The van der Waals surface area contributed by atoms with Crippen LogP contribution >= 0.6 is 11.6 Å². The fourth-order valence-electron chi connectivity index (χ4n) is 4.23. The van der Waals surface area contributed by atoms with Crippen molar-refractivity contribution in [3.63, 3.8) is 0 Å². The van der Waals surface area contributed by atoms with Gasteiger partial charge in [0.1, 0.15) is 0 Å². The number of hydrogen-bond donors (Lipinski definition) is 1. The molecule has 1 fully saturated rings. The zero-order chi connectivity index (χ0) is 18.8. The maximum atomic E-state index is 12.6. The highest BCUT2D eigenvalue weighted by molar-refractivity contribution is 6.30. The first-order chi connectivity index (χ1) is 13.1. The number of nitrogens with zero attached hydrogens (tertiary/aromatic N) is 2. The molecule has 0 spiro atoms. The van der Waals surface area contributed by atoms with Crippen LogP contribution in [0.25, 0.3) is 0 Å². The van der Waals surface area contributed by atoms with Gasteiger partial charge in [0.25, 0.3) is 5.91 Å². The summed E-state index contributed by atoms with van der Waals surface area (Å²) in [5.74, 6) is -0.0670. The van der Waals surface area contributed by atoms with E-state index < -0.39 is 0 Å². The van der Waals surface area contributed by atoms with Gasteiger partial charge in [-0.3, -0.25) is 9.69 Å². The van der Waals surface area contributed by atoms with E-state index in [-0.39, 0.29) is 11.9 Å². The Morgan fingerprint density at radius 2 is 1.96 bits per heavy atom. The number of benzene rings is 2. The summed E-state index contributed by atoms with van der Waals surface area (Å²) in [6.45, 7) is 3.88. The molecule has 5 heteroatoms. The van der Waals surface area contributed by atoms with Crippen LogP contribution in [0.15, 0.2) is 42.5 Å². The Labute approximate surface area is 166 Å². The third-order valence-corrected chi connectivity index (χ3v) is 5.98. The van der Waals surface area contributed by atoms with E-state index in [4.69, 9.17) is 11.6 Å². The number of anilines is 1. The summed E-state index contributed by atoms with van der Waals surface area (Å²) >= 11 is 6.02. The molecule has 1 saturated heterocycles. The predicted octanol–water partition coefficient (Wildman–Crippen LogP) is 3.90. The smallest absolute Gasteiger partial charge is 0.251 e. The fourth-order valence-corrected chi connectivity index (χ4v) is 4.42. The lowest BCUT2D eigenvalue weighted by atomic mass is 10.0. The van der Waals surface area contributed by atoms with E-state index in [9.17, 15) is 4.79 Å². The number of likely N-dealkylation sites (tertiary alicyclic amines) is 1. The van der Waals surface area contributed by atoms with Crippen molar-refractivity contribution in [1.29, 1.82) is 0 Å². The first-order valence-electron chi connectivity index (χ1n) is 9.73. The normalized spacial score (nSPS) is 17.8. The zero-order valence-electron chi connectivity index (χ0n) is 15.7. The third-order valence-electron chi connectivity index (χ3n) is 5.74. The summed E-state index contributed by atoms with van der Waals surface area (Å²) in [7, 11) is 2.15. The van der Waals surface area contributed by atoms with Crippen LogP contribution < -0.4 is 10.2 Å². The monoisotopic (exact) mass is 383 g/mol. The molecule has 142 valence electrons. The minimum atomic E-state index is -0.0670. The lowest BCUT2D eigenvalue weighted by Crippen LogP contribution is -2.36. The van der Waals surface area contributed by atoms with Crippen LogP contribution in [0.2, 0.25) is 5.02 Å². The van der Waals surface area contributed by atoms with Crippen molar-refractivity contribution in [2.24, 2.45) is 0 Å². The number of nitrogens with one attached hydrogen (secondary N) is 1. The summed E-state index contributed by atoms with van der Waals surface area (Å²) in [4.78, 5) is 17.4. The summed E-state index contributed by atoms with van der Waals surface area (Å²) < 4.78 is 0. The number of halogens is 1. The number of hydrogen-bond acceptors (Lipinski definition) is 3. The number of fused-ring (bicyclic) bond motifs is 1. The number of amides is 1. The lowest BCUT2D eigenvalue weighted by Gasteiger charge is -2.29. The molecule has 0 radical (unpaired) electrons. The molecule has 2 heterocycles. The van der Waals surface area contributed by atoms with E-state index in [1.54, 1.807) is 18.2 Å². The minimum absolute atomic E-state index is 0.0670. The van der Waals surface area contributed by atoms with Gasteiger partial charge in [-0.05, 0) is 67.7 Å². The van der Waals surface area contributed by atoms with Gasteiger partial charge in [-0.25, -0.2) is 0 Å². The molecule has 2 aromatic carbocycles. The first-order valence-corrected chi connectivity index (χ1v) is 10.1. The first kappa shape index (κ1) is 18.3. The summed E-state index contributed by atoms with van der Waals surface area (Å²) in [6, 6.07) is 14.1. The molecule has 1 unspecified atom stereocenters. The second-order valence-electron chi connectivity index (χ2n) is 7.54. The maximum absolute atomic E-state index is 12.6. The Morgan fingerprint density at radius 1 is 1.15 bits per heavy atom. The van der Waals surface area contributed by atoms with Crippen LogP contribution in [0.1, 0.15) is 40.4 Å². The molecular formula is C22H26ClN3O. The fraction of sp³-hybridized carbons (Fsp3) is 0.409. The molecule has 4 rings (SSSR count). The van der Waals surface area contributed by atoms with Gasteiger partial charge in [0.15, 0.2) is 0 Å². The number of likely N-dealkylation sites (N-methyl/N-ethyl adjacent to an activating group) is 1. The van der Waals surface area contributed by atoms with E-state index in [0.29, 0.717) is 17.1 Å². The molecule has 0 aromatic heterocycles. The molecule has 2 aromatic rings. The van der Waals surface area contributed by atoms with Crippen molar-refractivity contribution < 1.29 is 4.79 Å². The van der Waals surface area contributed by atoms with E-state index in [1.807, 2.05) is 6.07 Å². The molecule has 2 aliphatic heterocycles. The van der Waals surface area contributed by atoms with Gasteiger partial charge in [-0.15, -0.1) is 0 Å². The molecule has 1 amide bonds. The van der Waals surface area contributed by atoms with Gasteiger partial charge in [0, 0.05) is 36.4 Å². The SMILES string of the molecule is CN1CCc2cc(C(CNC(=O)c3cccc(Cl)c3)N3CCCC3)ccc21. The number of carbonyl (C=O) groups is 1. The van der Waals surface area contributed by atoms with E-state index in [0.717, 1.165) is 26.1 Å². The quantitative estimate of drug-likeness (QED) is 0.850. The van der Waals surface area contributed by atoms with Crippen LogP contribution in [0.5, 0.6) is 0 Å². The van der Waals surface area contributed by atoms with Gasteiger partial charge in [-0.2, -0.15) is 0 Å².